The molecular weight excluding hydrogens is 1090 g/mol. The maximum atomic E-state index is 14.0. The third-order valence-electron chi connectivity index (χ3n) is 13.6. The third kappa shape index (κ3) is 21.1. The Balaban J connectivity index is 1.61. The predicted octanol–water partition coefficient (Wildman–Crippen LogP) is -9.35. The van der Waals surface area contributed by atoms with Crippen LogP contribution in [0.25, 0.3) is 0 Å². The number of aliphatic hydroxyl groups excluding tert-OH is 6. The van der Waals surface area contributed by atoms with Gasteiger partial charge in [-0.1, -0.05) is 0 Å². The molecule has 3 aliphatic heterocycles. The summed E-state index contributed by atoms with van der Waals surface area (Å²) in [5, 5.41) is 89.3. The number of aliphatic carboxylic acids is 1. The number of nitrogens with two attached hydrogens (primary N) is 4. The third-order valence-corrected chi connectivity index (χ3v) is 13.6. The highest BCUT2D eigenvalue weighted by atomic mass is 16.7. The number of hydrogen-bond acceptors (Lipinski definition) is 22. The highest BCUT2D eigenvalue weighted by molar-refractivity contribution is 5.95. The first-order chi connectivity index (χ1) is 38.5. The SMILES string of the molecule is CC(=O)N[C@@H]1[C@@H](OC(C)C(=O)N[C@@H](C)C(=O)N[C@H](CCC(=O)NCCCC[C@H](NC(=O)[C@@H](N)C(C)O)C(=O)N2CCC[C@H]2C(=O)N[C@@H](CCCN=C(N)N)C(=O)O)C(N)=O)[C@H](O[C@@H]2O[C@H](CO)[C@@H](O)[C@H](O)[C@H]2NC(C)=O)[C@@H](CO)O[C@H]1O. The van der Waals surface area contributed by atoms with Gasteiger partial charge in [0.2, 0.25) is 53.2 Å². The summed E-state index contributed by atoms with van der Waals surface area (Å²) in [5.74, 6) is -8.71. The monoisotopic (exact) mass is 1180 g/mol. The maximum Gasteiger partial charge on any atom is 0.326 e. The normalized spacial score (nSPS) is 26.9. The number of hydrogen-bond donors (Lipinski definition) is 18. The van der Waals surface area contributed by atoms with Gasteiger partial charge in [-0.2, -0.15) is 0 Å². The van der Waals surface area contributed by atoms with Crippen LogP contribution >= 0.6 is 0 Å². The van der Waals surface area contributed by atoms with Crippen molar-refractivity contribution in [2.45, 2.75) is 202 Å². The number of nitrogens with zero attached hydrogens (tertiary/aromatic N) is 2. The summed E-state index contributed by atoms with van der Waals surface area (Å²) in [5.41, 5.74) is 22.0. The highest BCUT2D eigenvalue weighted by Gasteiger charge is 2.53. The van der Waals surface area contributed by atoms with Gasteiger partial charge in [0.1, 0.15) is 91.1 Å². The van der Waals surface area contributed by atoms with Crippen LogP contribution in [-0.4, -0.2) is 248 Å². The summed E-state index contributed by atoms with van der Waals surface area (Å²) in [4.78, 5) is 134. The summed E-state index contributed by atoms with van der Waals surface area (Å²) in [6.45, 7) is 4.44. The van der Waals surface area contributed by atoms with Crippen LogP contribution < -0.4 is 60.2 Å². The molecule has 0 saturated carbocycles. The number of aliphatic hydroxyl groups is 6. The molecule has 0 aromatic heterocycles. The van der Waals surface area contributed by atoms with Crippen molar-refractivity contribution < 1.29 is 103 Å². The number of carboxylic acids is 1. The van der Waals surface area contributed by atoms with Gasteiger partial charge in [-0.25, -0.2) is 4.79 Å². The van der Waals surface area contributed by atoms with E-state index >= 15 is 0 Å². The molecule has 2 unspecified atom stereocenters. The lowest BCUT2D eigenvalue weighted by Gasteiger charge is -2.48. The minimum absolute atomic E-state index is 0.0148. The standard InChI is InChI=1S/C48H83N13O21/c1-20(55-41(72)22(3)79-38-34(57-24(5)66)46(78)80-30(19-63)37(38)82-47-33(56-23(4)65)36(69)35(68)29(18-62)81-47)40(71)58-25(39(50)70)13-14-31(67)53-15-7-6-10-26(59-43(74)32(49)21(2)64)44(75)61-17-9-12-28(61)42(73)60-27(45(76)77)11-8-16-54-48(51)52/h20-22,25-30,32-38,46-47,62-64,68-69,78H,6-19,49H2,1-5H3,(H2,50,70)(H,53,67)(H,55,72)(H,56,65)(H,57,66)(H,58,71)(H,59,74)(H,60,73)(H,76,77)(H4,51,52,54)/t20-,21?,22?,25+,26-,27-,28-,29+,30+,32-,33+,34+,35+,36+,37+,38+,46+,47-/m0/s1. The topological polar surface area (TPSA) is 553 Å². The molecule has 82 heavy (non-hydrogen) atoms. The molecule has 466 valence electrons. The van der Waals surface area contributed by atoms with E-state index in [0.29, 0.717) is 6.42 Å². The lowest BCUT2D eigenvalue weighted by atomic mass is 9.94. The van der Waals surface area contributed by atoms with E-state index in [9.17, 15) is 83.7 Å². The van der Waals surface area contributed by atoms with Crippen molar-refractivity contribution in [3.8, 4) is 0 Å². The van der Waals surface area contributed by atoms with Crippen molar-refractivity contribution in [2.24, 2.45) is 27.9 Å². The van der Waals surface area contributed by atoms with Gasteiger partial charge in [-0.3, -0.25) is 48.1 Å². The van der Waals surface area contributed by atoms with Crippen LogP contribution in [0.2, 0.25) is 0 Å². The molecule has 0 aromatic carbocycles. The summed E-state index contributed by atoms with van der Waals surface area (Å²) in [6.07, 6.45) is -15.6. The van der Waals surface area contributed by atoms with Crippen molar-refractivity contribution in [2.75, 3.05) is 32.8 Å². The van der Waals surface area contributed by atoms with E-state index in [1.807, 2.05) is 0 Å². The van der Waals surface area contributed by atoms with E-state index in [1.54, 1.807) is 0 Å². The van der Waals surface area contributed by atoms with Crippen LogP contribution in [0.1, 0.15) is 92.4 Å². The minimum atomic E-state index is -1.89. The minimum Gasteiger partial charge on any atom is -0.480 e. The summed E-state index contributed by atoms with van der Waals surface area (Å²) in [7, 11) is 0. The molecule has 0 bridgehead atoms. The fourth-order valence-electron chi connectivity index (χ4n) is 9.14. The Labute approximate surface area is 471 Å². The van der Waals surface area contributed by atoms with Crippen LogP contribution in [0.15, 0.2) is 4.99 Å². The molecule has 3 aliphatic rings. The van der Waals surface area contributed by atoms with Crippen molar-refractivity contribution >= 4 is 65.1 Å². The number of carboxylic acid groups (broad SMARTS) is 1. The second-order valence-corrected chi connectivity index (χ2v) is 20.2. The van der Waals surface area contributed by atoms with E-state index in [2.05, 4.69) is 42.2 Å². The molecule has 34 nitrogen and oxygen atoms in total. The number of primary amides is 1. The molecule has 9 amide bonds. The Morgan fingerprint density at radius 1 is 0.732 bits per heavy atom. The second-order valence-electron chi connectivity index (χ2n) is 20.2. The van der Waals surface area contributed by atoms with Crippen molar-refractivity contribution in [1.82, 2.24) is 42.1 Å². The fourth-order valence-corrected chi connectivity index (χ4v) is 9.14. The van der Waals surface area contributed by atoms with Gasteiger partial charge in [0, 0.05) is 39.9 Å². The van der Waals surface area contributed by atoms with E-state index in [4.69, 9.17) is 41.9 Å². The quantitative estimate of drug-likeness (QED) is 0.0169. The number of carbonyl (C=O) groups excluding carboxylic acids is 9. The van der Waals surface area contributed by atoms with Gasteiger partial charge < -0.3 is 120 Å². The van der Waals surface area contributed by atoms with Crippen LogP contribution in [0.4, 0.5) is 0 Å². The first-order valence-electron chi connectivity index (χ1n) is 26.7. The number of carbonyl (C=O) groups is 10. The van der Waals surface area contributed by atoms with Gasteiger partial charge >= 0.3 is 5.97 Å². The van der Waals surface area contributed by atoms with Crippen molar-refractivity contribution in [1.29, 1.82) is 0 Å². The van der Waals surface area contributed by atoms with Crippen LogP contribution in [0.3, 0.4) is 0 Å². The Bertz CT molecular complexity index is 2230. The molecular formula is C48H83N13O21. The summed E-state index contributed by atoms with van der Waals surface area (Å²) < 4.78 is 23.3. The number of aliphatic imine (C=N–C) groups is 1. The molecule has 18 atom stereocenters. The molecule has 22 N–H and O–H groups in total. The number of unbranched alkanes of at least 4 members (excludes halogenated alkanes) is 1. The summed E-state index contributed by atoms with van der Waals surface area (Å²) in [6, 6.07) is -10.9. The zero-order valence-electron chi connectivity index (χ0n) is 46.3. The molecule has 0 spiro atoms. The van der Waals surface area contributed by atoms with Crippen LogP contribution in [0.5, 0.6) is 0 Å². The van der Waals surface area contributed by atoms with E-state index in [1.165, 1.54) is 25.7 Å². The zero-order chi connectivity index (χ0) is 61.7. The van der Waals surface area contributed by atoms with Crippen LogP contribution in [-0.2, 0) is 66.9 Å². The molecule has 34 heteroatoms. The van der Waals surface area contributed by atoms with E-state index < -0.39 is 182 Å². The van der Waals surface area contributed by atoms with Gasteiger partial charge in [0.25, 0.3) is 0 Å². The molecule has 3 saturated heterocycles. The first-order valence-corrected chi connectivity index (χ1v) is 26.7. The smallest absolute Gasteiger partial charge is 0.326 e. The number of nitrogens with one attached hydrogen (secondary N) is 7. The maximum absolute atomic E-state index is 14.0. The fraction of sp³-hybridized carbons (Fsp3) is 0.771. The van der Waals surface area contributed by atoms with E-state index in [-0.39, 0.29) is 77.0 Å². The van der Waals surface area contributed by atoms with Gasteiger partial charge in [-0.05, 0) is 72.1 Å². The molecule has 0 aromatic rings. The lowest BCUT2D eigenvalue weighted by molar-refractivity contribution is -0.333. The average Bonchev–Trinajstić information content (AvgIpc) is 3.74. The predicted molar refractivity (Wildman–Crippen MR) is 281 cm³/mol. The highest BCUT2D eigenvalue weighted by Crippen LogP contribution is 2.31. The largest absolute Gasteiger partial charge is 0.480 e. The molecule has 0 radical (unpaired) electrons. The van der Waals surface area contributed by atoms with E-state index in [0.717, 1.165) is 13.8 Å². The Morgan fingerprint density at radius 2 is 1.35 bits per heavy atom. The number of amides is 9. The number of guanidine groups is 1. The van der Waals surface area contributed by atoms with Gasteiger partial charge in [-0.15, -0.1) is 0 Å². The van der Waals surface area contributed by atoms with Crippen LogP contribution in [0, 0.1) is 0 Å². The van der Waals surface area contributed by atoms with Gasteiger partial charge in [0.15, 0.2) is 18.5 Å². The molecule has 3 heterocycles. The Hall–Kier alpha value is -6.47. The number of ether oxygens (including phenoxy) is 4. The Kier molecular flexibility index (Phi) is 28.6. The Morgan fingerprint density at radius 3 is 1.94 bits per heavy atom. The average molecular weight is 1180 g/mol. The van der Waals surface area contributed by atoms with Gasteiger partial charge in [0.05, 0.1) is 19.3 Å². The first kappa shape index (κ1) is 69.8. The van der Waals surface area contributed by atoms with Crippen molar-refractivity contribution in [3.05, 3.63) is 0 Å². The molecule has 3 fully saturated rings. The zero-order valence-corrected chi connectivity index (χ0v) is 46.3. The number of likely N-dealkylation sites (tertiary alicyclic amines) is 1. The lowest BCUT2D eigenvalue weighted by Crippen LogP contribution is -2.70. The van der Waals surface area contributed by atoms with Crippen molar-refractivity contribution in [3.63, 3.8) is 0 Å². The number of rotatable bonds is 32. The summed E-state index contributed by atoms with van der Waals surface area (Å²) >= 11 is 0. The molecule has 3 rings (SSSR count). The second kappa shape index (κ2) is 33.6. The molecule has 0 aliphatic carbocycles.